The number of anilines is 2. The van der Waals surface area contributed by atoms with Crippen molar-refractivity contribution in [2.75, 3.05) is 35.8 Å². The third-order valence-corrected chi connectivity index (χ3v) is 4.91. The Morgan fingerprint density at radius 2 is 2.00 bits per heavy atom. The highest BCUT2D eigenvalue weighted by molar-refractivity contribution is 7.91. The molecule has 4 nitrogen and oxygen atoms in total. The van der Waals surface area contributed by atoms with Crippen LogP contribution in [0.2, 0.25) is 5.02 Å². The average molecular weight is 305 g/mol. The van der Waals surface area contributed by atoms with Crippen LogP contribution in [0.3, 0.4) is 0 Å². The molecule has 0 fully saturated rings. The lowest BCUT2D eigenvalue weighted by atomic mass is 10.2. The number of hydrogen-bond donors (Lipinski definition) is 1. The molecule has 0 heterocycles. The minimum absolute atomic E-state index is 0.114. The Morgan fingerprint density at radius 1 is 1.37 bits per heavy atom. The second-order valence-electron chi connectivity index (χ2n) is 4.80. The van der Waals surface area contributed by atoms with Crippen LogP contribution < -0.4 is 10.2 Å². The summed E-state index contributed by atoms with van der Waals surface area (Å²) in [6.45, 7) is 3.51. The first-order valence-electron chi connectivity index (χ1n) is 6.19. The van der Waals surface area contributed by atoms with Crippen molar-refractivity contribution in [3.8, 4) is 0 Å². The number of halogens is 1. The highest BCUT2D eigenvalue weighted by Crippen LogP contribution is 2.28. The van der Waals surface area contributed by atoms with E-state index in [1.54, 1.807) is 6.92 Å². The van der Waals surface area contributed by atoms with Gasteiger partial charge in [-0.2, -0.15) is 0 Å². The second kappa shape index (κ2) is 6.48. The van der Waals surface area contributed by atoms with Crippen molar-refractivity contribution in [3.63, 3.8) is 0 Å². The molecule has 0 aromatic heterocycles. The van der Waals surface area contributed by atoms with E-state index in [1.807, 2.05) is 44.1 Å². The van der Waals surface area contributed by atoms with Crippen molar-refractivity contribution in [1.29, 1.82) is 0 Å². The maximum Gasteiger partial charge on any atom is 0.152 e. The molecule has 1 aromatic carbocycles. The number of nitrogens with one attached hydrogen (secondary N) is 1. The van der Waals surface area contributed by atoms with Gasteiger partial charge in [0.15, 0.2) is 9.84 Å². The summed E-state index contributed by atoms with van der Waals surface area (Å²) in [7, 11) is 0.874. The van der Waals surface area contributed by atoms with E-state index in [2.05, 4.69) is 5.32 Å². The van der Waals surface area contributed by atoms with Crippen LogP contribution in [0.5, 0.6) is 0 Å². The molecule has 0 saturated heterocycles. The molecular weight excluding hydrogens is 284 g/mol. The average Bonchev–Trinajstić information content (AvgIpc) is 2.27. The smallest absolute Gasteiger partial charge is 0.152 e. The predicted molar refractivity (Wildman–Crippen MR) is 83.2 cm³/mol. The fourth-order valence-corrected chi connectivity index (χ4v) is 3.07. The van der Waals surface area contributed by atoms with Crippen molar-refractivity contribution in [2.24, 2.45) is 0 Å². The zero-order valence-electron chi connectivity index (χ0n) is 11.8. The summed E-state index contributed by atoms with van der Waals surface area (Å²) in [5.74, 6) is 0.276. The van der Waals surface area contributed by atoms with Gasteiger partial charge in [0, 0.05) is 30.9 Å². The van der Waals surface area contributed by atoms with E-state index in [1.165, 1.54) is 0 Å². The molecular formula is C13H21ClN2O2S. The third-order valence-electron chi connectivity index (χ3n) is 2.79. The summed E-state index contributed by atoms with van der Waals surface area (Å²) in [5, 5.41) is 3.84. The lowest BCUT2D eigenvalue weighted by Crippen LogP contribution is -2.27. The van der Waals surface area contributed by atoms with Crippen LogP contribution in [-0.4, -0.2) is 40.1 Å². The van der Waals surface area contributed by atoms with Crippen molar-refractivity contribution < 1.29 is 8.42 Å². The van der Waals surface area contributed by atoms with E-state index in [0.717, 1.165) is 11.4 Å². The van der Waals surface area contributed by atoms with Gasteiger partial charge in [-0.1, -0.05) is 18.5 Å². The van der Waals surface area contributed by atoms with Crippen molar-refractivity contribution in [3.05, 3.63) is 23.2 Å². The van der Waals surface area contributed by atoms with E-state index < -0.39 is 9.84 Å². The third kappa shape index (κ3) is 4.91. The van der Waals surface area contributed by atoms with Crippen LogP contribution in [0.15, 0.2) is 18.2 Å². The summed E-state index contributed by atoms with van der Waals surface area (Å²) < 4.78 is 23.2. The molecule has 19 heavy (non-hydrogen) atoms. The Morgan fingerprint density at radius 3 is 2.53 bits per heavy atom. The first-order chi connectivity index (χ1) is 8.75. The molecule has 0 amide bonds. The minimum Gasteiger partial charge on any atom is -0.380 e. The fraction of sp³-hybridized carbons (Fsp3) is 0.538. The first kappa shape index (κ1) is 16.1. The fourth-order valence-electron chi connectivity index (χ4n) is 1.82. The van der Waals surface area contributed by atoms with Gasteiger partial charge in [0.05, 0.1) is 17.1 Å². The van der Waals surface area contributed by atoms with E-state index in [-0.39, 0.29) is 17.5 Å². The lowest BCUT2D eigenvalue weighted by Gasteiger charge is -2.22. The predicted octanol–water partition coefficient (Wildman–Crippen LogP) is 2.64. The van der Waals surface area contributed by atoms with Gasteiger partial charge in [0.1, 0.15) is 0 Å². The lowest BCUT2D eigenvalue weighted by molar-refractivity contribution is 0.593. The van der Waals surface area contributed by atoms with Crippen LogP contribution in [0.1, 0.15) is 13.8 Å². The number of sulfone groups is 1. The normalized spacial score (nSPS) is 13.1. The molecule has 0 radical (unpaired) electrons. The van der Waals surface area contributed by atoms with Gasteiger partial charge in [-0.05, 0) is 25.1 Å². The van der Waals surface area contributed by atoms with Crippen LogP contribution in [0, 0.1) is 0 Å². The Labute approximate surface area is 120 Å². The van der Waals surface area contributed by atoms with Gasteiger partial charge < -0.3 is 10.2 Å². The minimum atomic E-state index is -2.99. The van der Waals surface area contributed by atoms with Crippen LogP contribution >= 0.6 is 11.6 Å². The Hall–Kier alpha value is -0.940. The molecule has 0 bridgehead atoms. The summed E-state index contributed by atoms with van der Waals surface area (Å²) >= 11 is 5.99. The van der Waals surface area contributed by atoms with Gasteiger partial charge in [-0.15, -0.1) is 0 Å². The second-order valence-corrected chi connectivity index (χ2v) is 7.63. The number of nitrogens with zero attached hydrogens (tertiary/aromatic N) is 1. The molecule has 0 saturated carbocycles. The van der Waals surface area contributed by atoms with E-state index >= 15 is 0 Å². The van der Waals surface area contributed by atoms with E-state index in [4.69, 9.17) is 11.6 Å². The zero-order valence-corrected chi connectivity index (χ0v) is 13.3. The zero-order chi connectivity index (χ0) is 14.6. The monoisotopic (exact) mass is 304 g/mol. The number of rotatable bonds is 6. The number of hydrogen-bond acceptors (Lipinski definition) is 4. The SMILES string of the molecule is CCS(=O)(=O)CC(C)Nc1cc(Cl)ccc1N(C)C. The molecule has 1 unspecified atom stereocenters. The quantitative estimate of drug-likeness (QED) is 0.878. The largest absolute Gasteiger partial charge is 0.380 e. The van der Waals surface area contributed by atoms with E-state index in [9.17, 15) is 8.42 Å². The van der Waals surface area contributed by atoms with Crippen molar-refractivity contribution in [1.82, 2.24) is 0 Å². The Bertz CT molecular complexity index is 529. The molecule has 108 valence electrons. The molecule has 1 N–H and O–H groups in total. The van der Waals surface area contributed by atoms with Crippen molar-refractivity contribution >= 4 is 32.8 Å². The highest BCUT2D eigenvalue weighted by atomic mass is 35.5. The Kier molecular flexibility index (Phi) is 5.50. The topological polar surface area (TPSA) is 49.4 Å². The summed E-state index contributed by atoms with van der Waals surface area (Å²) in [4.78, 5) is 1.96. The molecule has 1 aromatic rings. The number of benzene rings is 1. The molecule has 0 aliphatic heterocycles. The molecule has 0 aliphatic rings. The van der Waals surface area contributed by atoms with Crippen molar-refractivity contribution in [2.45, 2.75) is 19.9 Å². The van der Waals surface area contributed by atoms with Gasteiger partial charge in [0.25, 0.3) is 0 Å². The highest BCUT2D eigenvalue weighted by Gasteiger charge is 2.15. The first-order valence-corrected chi connectivity index (χ1v) is 8.39. The Balaban J connectivity index is 2.90. The molecule has 1 atom stereocenters. The molecule has 0 aliphatic carbocycles. The molecule has 0 spiro atoms. The van der Waals surface area contributed by atoms with Crippen LogP contribution in [0.25, 0.3) is 0 Å². The van der Waals surface area contributed by atoms with Gasteiger partial charge in [0.2, 0.25) is 0 Å². The van der Waals surface area contributed by atoms with Crippen LogP contribution in [-0.2, 0) is 9.84 Å². The maximum atomic E-state index is 11.6. The van der Waals surface area contributed by atoms with Gasteiger partial charge >= 0.3 is 0 Å². The summed E-state index contributed by atoms with van der Waals surface area (Å²) in [5.41, 5.74) is 1.82. The van der Waals surface area contributed by atoms with E-state index in [0.29, 0.717) is 5.02 Å². The standard InChI is InChI=1S/C13H21ClN2O2S/c1-5-19(17,18)9-10(2)15-12-8-11(14)6-7-13(12)16(3)4/h6-8,10,15H,5,9H2,1-4H3. The summed E-state index contributed by atoms with van der Waals surface area (Å²) in [6, 6.07) is 5.37. The molecule has 1 rings (SSSR count). The van der Waals surface area contributed by atoms with Crippen LogP contribution in [0.4, 0.5) is 11.4 Å². The maximum absolute atomic E-state index is 11.6. The van der Waals surface area contributed by atoms with Gasteiger partial charge in [-0.3, -0.25) is 0 Å². The molecule has 6 heteroatoms. The summed E-state index contributed by atoms with van der Waals surface area (Å²) in [6.07, 6.45) is 0. The van der Waals surface area contributed by atoms with Gasteiger partial charge in [-0.25, -0.2) is 8.42 Å².